The molecule has 1 N–H and O–H groups in total. The van der Waals surface area contributed by atoms with E-state index >= 15 is 0 Å². The third kappa shape index (κ3) is 6.92. The SMILES string of the molecule is O=C(Nc1ccc(C2S/C(=N\c3ccc4c(c3)OCCO4)N(CC3=CCCO3)C2=O)cc1)[C@@H]1CCCN1C(=O)OCc1ccccc1. The first-order valence-electron chi connectivity index (χ1n) is 15.7. The van der Waals surface area contributed by atoms with Gasteiger partial charge in [0.15, 0.2) is 16.7 Å². The molecular weight excluding hydrogens is 620 g/mol. The number of carbonyl (C=O) groups is 3. The summed E-state index contributed by atoms with van der Waals surface area (Å²) < 4.78 is 22.6. The van der Waals surface area contributed by atoms with Gasteiger partial charge in [-0.05, 0) is 54.3 Å². The van der Waals surface area contributed by atoms with Crippen LogP contribution < -0.4 is 14.8 Å². The molecule has 2 saturated heterocycles. The van der Waals surface area contributed by atoms with E-state index in [0.29, 0.717) is 73.8 Å². The van der Waals surface area contributed by atoms with E-state index < -0.39 is 17.4 Å². The van der Waals surface area contributed by atoms with Gasteiger partial charge in [0.2, 0.25) is 11.8 Å². The Bertz CT molecular complexity index is 1710. The number of likely N-dealkylation sites (tertiary alicyclic amines) is 1. The highest BCUT2D eigenvalue weighted by Crippen LogP contribution is 2.42. The van der Waals surface area contributed by atoms with Crippen molar-refractivity contribution in [2.45, 2.75) is 37.2 Å². The van der Waals surface area contributed by atoms with Gasteiger partial charge < -0.3 is 24.3 Å². The molecule has 0 radical (unpaired) electrons. The van der Waals surface area contributed by atoms with E-state index in [1.807, 2.05) is 66.7 Å². The van der Waals surface area contributed by atoms with Crippen LogP contribution in [0, 0.1) is 0 Å². The lowest BCUT2D eigenvalue weighted by Gasteiger charge is -2.23. The van der Waals surface area contributed by atoms with Crippen LogP contribution in [0.2, 0.25) is 0 Å². The lowest BCUT2D eigenvalue weighted by molar-refractivity contribution is -0.126. The third-order valence-corrected chi connectivity index (χ3v) is 9.49. The molecule has 4 aliphatic rings. The van der Waals surface area contributed by atoms with Crippen LogP contribution >= 0.6 is 11.8 Å². The molecule has 1 unspecified atom stereocenters. The molecule has 0 spiro atoms. The Morgan fingerprint density at radius 1 is 0.957 bits per heavy atom. The van der Waals surface area contributed by atoms with Crippen LogP contribution in [0.25, 0.3) is 0 Å². The van der Waals surface area contributed by atoms with Gasteiger partial charge in [0.1, 0.15) is 36.9 Å². The van der Waals surface area contributed by atoms with Crippen molar-refractivity contribution in [2.24, 2.45) is 4.99 Å². The van der Waals surface area contributed by atoms with Crippen molar-refractivity contribution < 1.29 is 33.3 Å². The molecule has 3 aromatic carbocycles. The molecule has 242 valence electrons. The minimum atomic E-state index is -0.620. The van der Waals surface area contributed by atoms with Crippen molar-refractivity contribution in [3.8, 4) is 11.5 Å². The van der Waals surface area contributed by atoms with Crippen molar-refractivity contribution >= 4 is 46.2 Å². The Balaban J connectivity index is 1.03. The van der Waals surface area contributed by atoms with Gasteiger partial charge in [-0.3, -0.25) is 19.4 Å². The highest BCUT2D eigenvalue weighted by molar-refractivity contribution is 8.15. The highest BCUT2D eigenvalue weighted by atomic mass is 32.2. The number of aliphatic imine (C=N–C) groups is 1. The predicted octanol–water partition coefficient (Wildman–Crippen LogP) is 5.81. The molecular formula is C35H34N4O7S. The highest BCUT2D eigenvalue weighted by Gasteiger charge is 2.40. The first-order chi connectivity index (χ1) is 23.0. The molecule has 0 saturated carbocycles. The van der Waals surface area contributed by atoms with E-state index in [9.17, 15) is 14.4 Å². The maximum Gasteiger partial charge on any atom is 0.410 e. The molecule has 4 heterocycles. The van der Waals surface area contributed by atoms with Gasteiger partial charge in [-0.2, -0.15) is 0 Å². The predicted molar refractivity (Wildman–Crippen MR) is 177 cm³/mol. The average molecular weight is 655 g/mol. The number of anilines is 1. The van der Waals surface area contributed by atoms with E-state index in [0.717, 1.165) is 23.3 Å². The van der Waals surface area contributed by atoms with Crippen LogP contribution in [0.3, 0.4) is 0 Å². The average Bonchev–Trinajstić information content (AvgIpc) is 3.87. The summed E-state index contributed by atoms with van der Waals surface area (Å²) in [6.45, 7) is 2.47. The minimum Gasteiger partial charge on any atom is -0.496 e. The first-order valence-corrected chi connectivity index (χ1v) is 16.6. The number of benzene rings is 3. The summed E-state index contributed by atoms with van der Waals surface area (Å²) >= 11 is 1.37. The smallest absolute Gasteiger partial charge is 0.410 e. The number of ether oxygens (including phenoxy) is 4. The number of amidine groups is 1. The lowest BCUT2D eigenvalue weighted by atomic mass is 10.1. The fourth-order valence-electron chi connectivity index (χ4n) is 5.87. The number of nitrogens with one attached hydrogen (secondary N) is 1. The molecule has 2 atom stereocenters. The summed E-state index contributed by atoms with van der Waals surface area (Å²) in [5.74, 6) is 1.67. The zero-order valence-electron chi connectivity index (χ0n) is 25.6. The summed E-state index contributed by atoms with van der Waals surface area (Å²) in [4.78, 5) is 47.8. The van der Waals surface area contributed by atoms with Gasteiger partial charge >= 0.3 is 6.09 Å². The molecule has 3 amide bonds. The Hall–Kier alpha value is -4.97. The van der Waals surface area contributed by atoms with E-state index in [2.05, 4.69) is 5.32 Å². The number of amides is 3. The van der Waals surface area contributed by atoms with Crippen LogP contribution in [-0.2, 0) is 25.7 Å². The molecule has 4 aliphatic heterocycles. The Morgan fingerprint density at radius 2 is 1.77 bits per heavy atom. The van der Waals surface area contributed by atoms with Crippen molar-refractivity contribution in [2.75, 3.05) is 38.2 Å². The lowest BCUT2D eigenvalue weighted by Crippen LogP contribution is -2.43. The van der Waals surface area contributed by atoms with Crippen LogP contribution in [-0.4, -0.2) is 71.8 Å². The standard InChI is InChI=1S/C35H34N4O7S/c40-32(28-9-4-16-38(28)35(42)46-22-23-6-2-1-3-7-23)36-25-12-10-24(11-13-25)31-33(41)39(21-27-8-5-17-43-27)34(47-31)37-26-14-15-29-30(20-26)45-19-18-44-29/h1-3,6-8,10-15,20,28,31H,4-5,9,16-19,21-22H2,(H,36,40)/b37-34-/t28-,31?/m0/s1. The topological polar surface area (TPSA) is 119 Å². The maximum atomic E-state index is 13.8. The number of thioether (sulfide) groups is 1. The van der Waals surface area contributed by atoms with Crippen molar-refractivity contribution in [1.82, 2.24) is 9.80 Å². The number of carbonyl (C=O) groups excluding carboxylic acids is 3. The summed E-state index contributed by atoms with van der Waals surface area (Å²) in [6, 6.07) is 21.5. The third-order valence-electron chi connectivity index (χ3n) is 8.26. The van der Waals surface area contributed by atoms with Crippen LogP contribution in [0.4, 0.5) is 16.2 Å². The summed E-state index contributed by atoms with van der Waals surface area (Å²) in [5, 5.41) is 2.97. The second-order valence-electron chi connectivity index (χ2n) is 11.5. The molecule has 11 nitrogen and oxygen atoms in total. The van der Waals surface area contributed by atoms with Crippen LogP contribution in [0.15, 0.2) is 89.6 Å². The molecule has 7 rings (SSSR count). The molecule has 47 heavy (non-hydrogen) atoms. The Labute approximate surface area is 276 Å². The van der Waals surface area contributed by atoms with Crippen molar-refractivity contribution in [3.63, 3.8) is 0 Å². The number of hydrogen-bond acceptors (Lipinski definition) is 9. The second-order valence-corrected chi connectivity index (χ2v) is 12.5. The van der Waals surface area contributed by atoms with E-state index in [1.54, 1.807) is 17.0 Å². The first kappa shape index (κ1) is 30.7. The largest absolute Gasteiger partial charge is 0.496 e. The van der Waals surface area contributed by atoms with Crippen molar-refractivity contribution in [3.05, 3.63) is 95.8 Å². The van der Waals surface area contributed by atoms with Crippen LogP contribution in [0.5, 0.6) is 11.5 Å². The fraction of sp³-hybridized carbons (Fsp3) is 0.314. The molecule has 0 bridgehead atoms. The maximum absolute atomic E-state index is 13.8. The minimum absolute atomic E-state index is 0.102. The summed E-state index contributed by atoms with van der Waals surface area (Å²) in [7, 11) is 0. The van der Waals surface area contributed by atoms with Gasteiger partial charge in [0, 0.05) is 24.7 Å². The Morgan fingerprint density at radius 3 is 2.55 bits per heavy atom. The monoisotopic (exact) mass is 654 g/mol. The number of hydrogen-bond donors (Lipinski definition) is 1. The molecule has 3 aromatic rings. The quantitative estimate of drug-likeness (QED) is 0.324. The Kier molecular flexibility index (Phi) is 9.00. The van der Waals surface area contributed by atoms with Gasteiger partial charge in [0.05, 0.1) is 18.8 Å². The second kappa shape index (κ2) is 13.8. The van der Waals surface area contributed by atoms with Gasteiger partial charge in [-0.1, -0.05) is 54.2 Å². The molecule has 12 heteroatoms. The zero-order valence-corrected chi connectivity index (χ0v) is 26.4. The van der Waals surface area contributed by atoms with Gasteiger partial charge in [-0.15, -0.1) is 0 Å². The van der Waals surface area contributed by atoms with Crippen LogP contribution in [0.1, 0.15) is 35.6 Å². The fourth-order valence-corrected chi connectivity index (χ4v) is 7.04. The zero-order chi connectivity index (χ0) is 32.2. The van der Waals surface area contributed by atoms with Gasteiger partial charge in [-0.25, -0.2) is 9.79 Å². The normalized spacial score (nSPS) is 21.1. The molecule has 2 fully saturated rings. The van der Waals surface area contributed by atoms with Crippen molar-refractivity contribution in [1.29, 1.82) is 0 Å². The van der Waals surface area contributed by atoms with E-state index in [-0.39, 0.29) is 18.4 Å². The molecule has 0 aliphatic carbocycles. The van der Waals surface area contributed by atoms with E-state index in [4.69, 9.17) is 23.9 Å². The summed E-state index contributed by atoms with van der Waals surface area (Å²) in [6.07, 6.45) is 3.57. The number of nitrogens with zero attached hydrogens (tertiary/aromatic N) is 3. The molecule has 0 aromatic heterocycles. The van der Waals surface area contributed by atoms with Gasteiger partial charge in [0.25, 0.3) is 0 Å². The van der Waals surface area contributed by atoms with E-state index in [1.165, 1.54) is 16.7 Å². The summed E-state index contributed by atoms with van der Waals surface area (Å²) in [5.41, 5.74) is 2.89. The number of fused-ring (bicyclic) bond motifs is 1. The number of rotatable bonds is 8.